The number of nitrogens with one attached hydrogen (secondary N) is 2. The first-order valence-electron chi connectivity index (χ1n) is 6.96. The zero-order chi connectivity index (χ0) is 15.8. The molecule has 4 N–H and O–H groups in total. The summed E-state index contributed by atoms with van der Waals surface area (Å²) in [6.07, 6.45) is 0.866. The molecule has 0 spiro atoms. The van der Waals surface area contributed by atoms with Crippen LogP contribution in [0.4, 0.5) is 5.69 Å². The van der Waals surface area contributed by atoms with Crippen molar-refractivity contribution < 1.29 is 9.59 Å². The normalized spacial score (nSPS) is 12.0. The summed E-state index contributed by atoms with van der Waals surface area (Å²) in [6.45, 7) is 2.82. The Labute approximate surface area is 125 Å². The van der Waals surface area contributed by atoms with Crippen molar-refractivity contribution in [2.75, 3.05) is 32.9 Å². The highest BCUT2D eigenvalue weighted by molar-refractivity contribution is 5.96. The van der Waals surface area contributed by atoms with Crippen LogP contribution < -0.4 is 16.4 Å². The lowest BCUT2D eigenvalue weighted by Gasteiger charge is -2.16. The fourth-order valence-electron chi connectivity index (χ4n) is 1.75. The van der Waals surface area contributed by atoms with Crippen LogP contribution in [0.15, 0.2) is 24.3 Å². The molecule has 0 saturated heterocycles. The average Bonchev–Trinajstić information content (AvgIpc) is 2.43. The van der Waals surface area contributed by atoms with Crippen LogP contribution in [0, 0.1) is 0 Å². The molecule has 2 amide bonds. The molecular weight excluding hydrogens is 268 g/mol. The minimum Gasteiger partial charge on any atom is -0.399 e. The van der Waals surface area contributed by atoms with Crippen molar-refractivity contribution in [2.24, 2.45) is 0 Å². The van der Waals surface area contributed by atoms with E-state index >= 15 is 0 Å². The Balaban J connectivity index is 2.32. The van der Waals surface area contributed by atoms with Crippen molar-refractivity contribution in [1.82, 2.24) is 15.5 Å². The Morgan fingerprint density at radius 1 is 1.24 bits per heavy atom. The molecule has 0 aromatic heterocycles. The lowest BCUT2D eigenvalue weighted by molar-refractivity contribution is -0.120. The van der Waals surface area contributed by atoms with Gasteiger partial charge < -0.3 is 21.3 Å². The van der Waals surface area contributed by atoms with Crippen LogP contribution in [0.1, 0.15) is 23.7 Å². The van der Waals surface area contributed by atoms with Crippen LogP contribution in [0.5, 0.6) is 0 Å². The van der Waals surface area contributed by atoms with Gasteiger partial charge in [0.25, 0.3) is 5.91 Å². The molecule has 1 aromatic rings. The van der Waals surface area contributed by atoms with Gasteiger partial charge in [-0.2, -0.15) is 0 Å². The number of nitrogen functional groups attached to an aromatic ring is 1. The maximum Gasteiger partial charge on any atom is 0.251 e. The van der Waals surface area contributed by atoms with Gasteiger partial charge in [0.15, 0.2) is 0 Å². The number of carbonyl (C=O) groups excluding carboxylic acids is 2. The molecule has 0 bridgehead atoms. The molecule has 0 saturated carbocycles. The highest BCUT2D eigenvalue weighted by Gasteiger charge is 2.10. The number of hydrogen-bond donors (Lipinski definition) is 3. The highest BCUT2D eigenvalue weighted by Crippen LogP contribution is 2.04. The van der Waals surface area contributed by atoms with E-state index in [-0.39, 0.29) is 24.4 Å². The van der Waals surface area contributed by atoms with E-state index in [2.05, 4.69) is 15.5 Å². The third-order valence-corrected chi connectivity index (χ3v) is 3.00. The second kappa shape index (κ2) is 8.26. The zero-order valence-corrected chi connectivity index (χ0v) is 12.8. The molecule has 0 aliphatic carbocycles. The summed E-state index contributed by atoms with van der Waals surface area (Å²) < 4.78 is 0. The van der Waals surface area contributed by atoms with Gasteiger partial charge >= 0.3 is 0 Å². The van der Waals surface area contributed by atoms with Gasteiger partial charge in [0.2, 0.25) is 5.91 Å². The van der Waals surface area contributed by atoms with Crippen molar-refractivity contribution >= 4 is 17.5 Å². The topological polar surface area (TPSA) is 87.5 Å². The molecule has 0 fully saturated rings. The number of nitrogens with zero attached hydrogens (tertiary/aromatic N) is 1. The Hall–Kier alpha value is -2.08. The fraction of sp³-hybridized carbons (Fsp3) is 0.467. The Morgan fingerprint density at radius 3 is 2.43 bits per heavy atom. The monoisotopic (exact) mass is 292 g/mol. The van der Waals surface area contributed by atoms with Gasteiger partial charge in [-0.05, 0) is 58.3 Å². The summed E-state index contributed by atoms with van der Waals surface area (Å²) in [5, 5.41) is 5.44. The van der Waals surface area contributed by atoms with E-state index in [1.807, 2.05) is 21.0 Å². The van der Waals surface area contributed by atoms with E-state index in [1.165, 1.54) is 0 Å². The first kappa shape index (κ1) is 17.0. The zero-order valence-electron chi connectivity index (χ0n) is 12.8. The molecule has 1 unspecified atom stereocenters. The van der Waals surface area contributed by atoms with Crippen LogP contribution in [0.2, 0.25) is 0 Å². The maximum absolute atomic E-state index is 11.8. The number of nitrogens with two attached hydrogens (primary N) is 1. The van der Waals surface area contributed by atoms with E-state index in [9.17, 15) is 9.59 Å². The van der Waals surface area contributed by atoms with Crippen LogP contribution in [-0.2, 0) is 4.79 Å². The summed E-state index contributed by atoms with van der Waals surface area (Å²) in [7, 11) is 3.97. The standard InChI is InChI=1S/C15H24N4O2/c1-11(8-9-19(2)3)18-14(20)10-17-15(21)12-4-6-13(16)7-5-12/h4-7,11H,8-10,16H2,1-3H3,(H,17,21)(H,18,20). The molecule has 1 aromatic carbocycles. The molecule has 0 aliphatic rings. The van der Waals surface area contributed by atoms with Crippen molar-refractivity contribution in [2.45, 2.75) is 19.4 Å². The second-order valence-corrected chi connectivity index (χ2v) is 5.37. The fourth-order valence-corrected chi connectivity index (χ4v) is 1.75. The summed E-state index contributed by atoms with van der Waals surface area (Å²) in [4.78, 5) is 25.6. The second-order valence-electron chi connectivity index (χ2n) is 5.37. The lowest BCUT2D eigenvalue weighted by Crippen LogP contribution is -2.41. The predicted octanol–water partition coefficient (Wildman–Crippen LogP) is 0.455. The van der Waals surface area contributed by atoms with Gasteiger partial charge in [-0.3, -0.25) is 9.59 Å². The summed E-state index contributed by atoms with van der Waals surface area (Å²) in [6, 6.07) is 6.63. The van der Waals surface area contributed by atoms with Crippen molar-refractivity contribution in [1.29, 1.82) is 0 Å². The van der Waals surface area contributed by atoms with E-state index < -0.39 is 0 Å². The largest absolute Gasteiger partial charge is 0.399 e. The number of anilines is 1. The minimum absolute atomic E-state index is 0.0322. The molecule has 0 radical (unpaired) electrons. The van der Waals surface area contributed by atoms with E-state index in [4.69, 9.17) is 5.73 Å². The third-order valence-electron chi connectivity index (χ3n) is 3.00. The quantitative estimate of drug-likeness (QED) is 0.637. The van der Waals surface area contributed by atoms with Gasteiger partial charge in [-0.1, -0.05) is 0 Å². The average molecular weight is 292 g/mol. The lowest BCUT2D eigenvalue weighted by atomic mass is 10.2. The molecule has 21 heavy (non-hydrogen) atoms. The van der Waals surface area contributed by atoms with Crippen LogP contribution in [0.3, 0.4) is 0 Å². The first-order valence-corrected chi connectivity index (χ1v) is 6.96. The van der Waals surface area contributed by atoms with E-state index in [0.29, 0.717) is 11.3 Å². The summed E-state index contributed by atoms with van der Waals surface area (Å²) in [5.41, 5.74) is 6.63. The molecule has 6 heteroatoms. The molecule has 0 heterocycles. The summed E-state index contributed by atoms with van der Waals surface area (Å²) >= 11 is 0. The van der Waals surface area contributed by atoms with Gasteiger partial charge in [0.1, 0.15) is 0 Å². The van der Waals surface area contributed by atoms with Crippen molar-refractivity contribution in [3.8, 4) is 0 Å². The van der Waals surface area contributed by atoms with Gasteiger partial charge in [0.05, 0.1) is 6.54 Å². The number of hydrogen-bond acceptors (Lipinski definition) is 4. The first-order chi connectivity index (χ1) is 9.88. The highest BCUT2D eigenvalue weighted by atomic mass is 16.2. The molecule has 6 nitrogen and oxygen atoms in total. The van der Waals surface area contributed by atoms with Gasteiger partial charge in [0, 0.05) is 17.3 Å². The Morgan fingerprint density at radius 2 is 1.86 bits per heavy atom. The molecular formula is C15H24N4O2. The number of carbonyl (C=O) groups is 2. The van der Waals surface area contributed by atoms with Crippen LogP contribution in [-0.4, -0.2) is 49.9 Å². The van der Waals surface area contributed by atoms with Gasteiger partial charge in [-0.15, -0.1) is 0 Å². The van der Waals surface area contributed by atoms with Crippen molar-refractivity contribution in [3.05, 3.63) is 29.8 Å². The third kappa shape index (κ3) is 6.76. The van der Waals surface area contributed by atoms with E-state index in [0.717, 1.165) is 13.0 Å². The smallest absolute Gasteiger partial charge is 0.251 e. The van der Waals surface area contributed by atoms with Crippen LogP contribution in [0.25, 0.3) is 0 Å². The van der Waals surface area contributed by atoms with Gasteiger partial charge in [-0.25, -0.2) is 0 Å². The minimum atomic E-state index is -0.286. The van der Waals surface area contributed by atoms with E-state index in [1.54, 1.807) is 24.3 Å². The molecule has 1 rings (SSSR count). The Kier molecular flexibility index (Phi) is 6.68. The predicted molar refractivity (Wildman–Crippen MR) is 84.0 cm³/mol. The Bertz CT molecular complexity index is 471. The number of amides is 2. The molecule has 116 valence electrons. The SMILES string of the molecule is CC(CCN(C)C)NC(=O)CNC(=O)c1ccc(N)cc1. The molecule has 0 aliphatic heterocycles. The van der Waals surface area contributed by atoms with Crippen molar-refractivity contribution in [3.63, 3.8) is 0 Å². The number of benzene rings is 1. The summed E-state index contributed by atoms with van der Waals surface area (Å²) in [5.74, 6) is -0.476. The number of rotatable bonds is 7. The maximum atomic E-state index is 11.8. The van der Waals surface area contributed by atoms with Crippen LogP contribution >= 0.6 is 0 Å². The molecule has 1 atom stereocenters.